The van der Waals surface area contributed by atoms with Gasteiger partial charge in [0.2, 0.25) is 0 Å². The standard InChI is InChI=1S/C36H43N2O5S2/c1-27-23-33(40-3)31(34(24-27)41-4)9-7-28-11-15-37(16-12-28)19-21-44-45-22-20-38-17-13-29(14-18-38)8-10-32-35(42-5)25-30(39-2)26-36(32)43-6/h7-15,17-18,23-26H,16,19-22H2,1-6H3/q+1/b9-7+,10-8+. The topological polar surface area (TPSA) is 53.3 Å². The van der Waals surface area contributed by atoms with E-state index in [1.54, 1.807) is 35.5 Å². The van der Waals surface area contributed by atoms with Gasteiger partial charge in [0.25, 0.3) is 0 Å². The van der Waals surface area contributed by atoms with E-state index in [4.69, 9.17) is 23.7 Å². The zero-order valence-corrected chi connectivity index (χ0v) is 28.6. The van der Waals surface area contributed by atoms with Crippen LogP contribution in [0.3, 0.4) is 0 Å². The van der Waals surface area contributed by atoms with Gasteiger partial charge in [-0.1, -0.05) is 39.8 Å². The molecule has 2 heterocycles. The molecule has 0 aliphatic carbocycles. The number of rotatable bonds is 16. The summed E-state index contributed by atoms with van der Waals surface area (Å²) in [5.74, 6) is 5.84. The number of ether oxygens (including phenoxy) is 5. The Morgan fingerprint density at radius 1 is 0.733 bits per heavy atom. The molecule has 0 atom stereocenters. The fourth-order valence-corrected chi connectivity index (χ4v) is 6.75. The van der Waals surface area contributed by atoms with Crippen LogP contribution < -0.4 is 28.3 Å². The van der Waals surface area contributed by atoms with E-state index in [0.717, 1.165) is 64.9 Å². The molecule has 0 fully saturated rings. The summed E-state index contributed by atoms with van der Waals surface area (Å²) in [7, 11) is 12.1. The molecule has 0 bridgehead atoms. The molecule has 0 amide bonds. The van der Waals surface area contributed by atoms with Crippen LogP contribution in [0.25, 0.3) is 18.2 Å². The Morgan fingerprint density at radius 2 is 1.31 bits per heavy atom. The summed E-state index contributed by atoms with van der Waals surface area (Å²) in [5.41, 5.74) is 5.21. The molecule has 7 nitrogen and oxygen atoms in total. The van der Waals surface area contributed by atoms with Gasteiger partial charge in [-0.2, -0.15) is 0 Å². The van der Waals surface area contributed by atoms with E-state index in [1.165, 1.54) is 5.57 Å². The molecule has 0 unspecified atom stereocenters. The van der Waals surface area contributed by atoms with Gasteiger partial charge in [-0.15, -0.1) is 0 Å². The molecule has 1 aliphatic rings. The van der Waals surface area contributed by atoms with E-state index in [9.17, 15) is 0 Å². The third kappa shape index (κ3) is 9.77. The van der Waals surface area contributed by atoms with Crippen molar-refractivity contribution in [3.8, 4) is 28.7 Å². The van der Waals surface area contributed by atoms with Crippen LogP contribution in [0.1, 0.15) is 22.3 Å². The highest BCUT2D eigenvalue weighted by Crippen LogP contribution is 2.35. The summed E-state index contributed by atoms with van der Waals surface area (Å²) >= 11 is 0. The first-order valence-corrected chi connectivity index (χ1v) is 17.2. The lowest BCUT2D eigenvalue weighted by atomic mass is 10.1. The predicted octanol–water partition coefficient (Wildman–Crippen LogP) is 7.35. The summed E-state index contributed by atoms with van der Waals surface area (Å²) in [6.07, 6.45) is 19.1. The average molecular weight is 648 g/mol. The SMILES string of the molecule is COc1cc(OC)c(/C=C/c2cc[n+](CCSSCCN3C=CC(/C=C/c4c(OC)cc(C)cc4OC)=CC3)cc2)c(OC)c1. The highest BCUT2D eigenvalue weighted by molar-refractivity contribution is 8.76. The van der Waals surface area contributed by atoms with Gasteiger partial charge in [-0.05, 0) is 60.2 Å². The lowest BCUT2D eigenvalue weighted by molar-refractivity contribution is -0.692. The highest BCUT2D eigenvalue weighted by atomic mass is 33.1. The Balaban J connectivity index is 1.17. The Kier molecular flexibility index (Phi) is 13.2. The number of hydrogen-bond donors (Lipinski definition) is 0. The lowest BCUT2D eigenvalue weighted by Gasteiger charge is -2.21. The maximum absolute atomic E-state index is 5.57. The van der Waals surface area contributed by atoms with Gasteiger partial charge in [-0.25, -0.2) is 4.57 Å². The van der Waals surface area contributed by atoms with E-state index >= 15 is 0 Å². The van der Waals surface area contributed by atoms with Crippen LogP contribution in [0.4, 0.5) is 0 Å². The molecule has 45 heavy (non-hydrogen) atoms. The molecule has 3 aromatic rings. The number of hydrogen-bond acceptors (Lipinski definition) is 8. The largest absolute Gasteiger partial charge is 0.496 e. The van der Waals surface area contributed by atoms with Gasteiger partial charge in [0, 0.05) is 43.1 Å². The first kappa shape index (κ1) is 33.9. The minimum Gasteiger partial charge on any atom is -0.496 e. The summed E-state index contributed by atoms with van der Waals surface area (Å²) < 4.78 is 29.8. The molecule has 0 spiro atoms. The number of allylic oxidation sites excluding steroid dienone is 3. The summed E-state index contributed by atoms with van der Waals surface area (Å²) in [6, 6.07) is 12.0. The van der Waals surface area contributed by atoms with Crippen molar-refractivity contribution in [3.63, 3.8) is 0 Å². The number of benzene rings is 2. The minimum absolute atomic E-state index is 0.693. The molecule has 1 aliphatic heterocycles. The van der Waals surface area contributed by atoms with E-state index < -0.39 is 0 Å². The fourth-order valence-electron chi connectivity index (χ4n) is 4.77. The van der Waals surface area contributed by atoms with Crippen molar-refractivity contribution in [2.75, 3.05) is 60.1 Å². The van der Waals surface area contributed by atoms with Crippen LogP contribution in [0.15, 0.2) is 78.8 Å². The first-order valence-electron chi connectivity index (χ1n) is 14.7. The van der Waals surface area contributed by atoms with Gasteiger partial charge >= 0.3 is 0 Å². The second-order valence-corrected chi connectivity index (χ2v) is 12.9. The normalized spacial score (nSPS) is 12.9. The number of aryl methyl sites for hydroxylation is 2. The van der Waals surface area contributed by atoms with Crippen molar-refractivity contribution in [1.82, 2.24) is 4.90 Å². The second kappa shape index (κ2) is 17.5. The molecule has 0 saturated heterocycles. The summed E-state index contributed by atoms with van der Waals surface area (Å²) in [4.78, 5) is 2.34. The number of nitrogens with zero attached hydrogens (tertiary/aromatic N) is 2. The minimum atomic E-state index is 0.693. The van der Waals surface area contributed by atoms with Crippen LogP contribution >= 0.6 is 21.6 Å². The molecule has 4 rings (SSSR count). The maximum Gasteiger partial charge on any atom is 0.169 e. The third-order valence-corrected chi connectivity index (χ3v) is 9.63. The zero-order chi connectivity index (χ0) is 32.0. The van der Waals surface area contributed by atoms with E-state index in [-0.39, 0.29) is 0 Å². The van der Waals surface area contributed by atoms with Gasteiger partial charge in [0.05, 0.1) is 52.4 Å². The highest BCUT2D eigenvalue weighted by Gasteiger charge is 2.12. The van der Waals surface area contributed by atoms with Crippen molar-refractivity contribution in [2.24, 2.45) is 0 Å². The van der Waals surface area contributed by atoms with Crippen LogP contribution in [-0.2, 0) is 6.54 Å². The second-order valence-electron chi connectivity index (χ2n) is 10.2. The molecule has 2 aromatic carbocycles. The fraction of sp³-hybridized carbons (Fsp3) is 0.306. The number of pyridine rings is 1. The molecule has 0 radical (unpaired) electrons. The monoisotopic (exact) mass is 647 g/mol. The Hall–Kier alpha value is -3.95. The Morgan fingerprint density at radius 3 is 1.87 bits per heavy atom. The van der Waals surface area contributed by atoms with Crippen LogP contribution in [0.2, 0.25) is 0 Å². The molecule has 238 valence electrons. The zero-order valence-electron chi connectivity index (χ0n) is 26.9. The van der Waals surface area contributed by atoms with Crippen molar-refractivity contribution < 1.29 is 28.3 Å². The molecule has 0 N–H and O–H groups in total. The van der Waals surface area contributed by atoms with E-state index in [0.29, 0.717) is 17.2 Å². The number of methoxy groups -OCH3 is 5. The average Bonchev–Trinajstić information content (AvgIpc) is 3.08. The maximum atomic E-state index is 5.57. The lowest BCUT2D eigenvalue weighted by Crippen LogP contribution is -2.33. The third-order valence-electron chi connectivity index (χ3n) is 7.26. The van der Waals surface area contributed by atoms with E-state index in [2.05, 4.69) is 70.6 Å². The van der Waals surface area contributed by atoms with Crippen molar-refractivity contribution in [2.45, 2.75) is 13.5 Å². The molecular weight excluding hydrogens is 605 g/mol. The van der Waals surface area contributed by atoms with Gasteiger partial charge in [0.1, 0.15) is 28.7 Å². The quantitative estimate of drug-likeness (QED) is 0.0910. The van der Waals surface area contributed by atoms with Gasteiger partial charge < -0.3 is 28.6 Å². The van der Waals surface area contributed by atoms with Crippen LogP contribution in [-0.4, -0.2) is 65.0 Å². The summed E-state index contributed by atoms with van der Waals surface area (Å²) in [6.45, 7) is 4.91. The Bertz CT molecular complexity index is 1480. The van der Waals surface area contributed by atoms with Gasteiger partial charge in [-0.3, -0.25) is 0 Å². The molecule has 0 saturated carbocycles. The van der Waals surface area contributed by atoms with Gasteiger partial charge in [0.15, 0.2) is 18.9 Å². The van der Waals surface area contributed by atoms with Crippen molar-refractivity contribution in [1.29, 1.82) is 0 Å². The summed E-state index contributed by atoms with van der Waals surface area (Å²) in [5, 5.41) is 0. The van der Waals surface area contributed by atoms with Crippen molar-refractivity contribution in [3.05, 3.63) is 101 Å². The van der Waals surface area contributed by atoms with E-state index in [1.807, 2.05) is 58.9 Å². The van der Waals surface area contributed by atoms with Crippen LogP contribution in [0.5, 0.6) is 28.7 Å². The first-order chi connectivity index (χ1) is 22.0. The predicted molar refractivity (Wildman–Crippen MR) is 189 cm³/mol. The molecule has 9 heteroatoms. The molecular formula is C36H43N2O5S2+. The smallest absolute Gasteiger partial charge is 0.169 e. The Labute approximate surface area is 275 Å². The number of aromatic nitrogens is 1. The van der Waals surface area contributed by atoms with Crippen molar-refractivity contribution >= 4 is 39.8 Å². The van der Waals surface area contributed by atoms with Crippen LogP contribution in [0, 0.1) is 6.92 Å². The molecule has 1 aromatic heterocycles.